The number of hydrogen-bond donors (Lipinski definition) is 1. The molecule has 29 heavy (non-hydrogen) atoms. The van der Waals surface area contributed by atoms with Crippen LogP contribution in [-0.2, 0) is 22.6 Å². The van der Waals surface area contributed by atoms with Gasteiger partial charge in [0.2, 0.25) is 11.8 Å². The zero-order chi connectivity index (χ0) is 20.8. The molecule has 0 bridgehead atoms. The first-order chi connectivity index (χ1) is 14.0. The van der Waals surface area contributed by atoms with Crippen LogP contribution in [0.25, 0.3) is 10.8 Å². The predicted octanol–water partition coefficient (Wildman–Crippen LogP) is 4.24. The van der Waals surface area contributed by atoms with Gasteiger partial charge in [-0.3, -0.25) is 9.59 Å². The number of benzene rings is 3. The third kappa shape index (κ3) is 4.83. The third-order valence-corrected chi connectivity index (χ3v) is 5.50. The zero-order valence-corrected chi connectivity index (χ0v) is 17.3. The van der Waals surface area contributed by atoms with Gasteiger partial charge in [-0.05, 0) is 47.7 Å². The van der Waals surface area contributed by atoms with Gasteiger partial charge in [0.15, 0.2) is 0 Å². The molecule has 0 aromatic heterocycles. The molecule has 150 valence electrons. The Morgan fingerprint density at radius 1 is 0.931 bits per heavy atom. The summed E-state index contributed by atoms with van der Waals surface area (Å²) in [6.45, 7) is 4.24. The first kappa shape index (κ1) is 20.6. The molecule has 4 nitrogen and oxygen atoms in total. The van der Waals surface area contributed by atoms with Crippen LogP contribution < -0.4 is 5.32 Å². The van der Waals surface area contributed by atoms with Crippen molar-refractivity contribution in [3.8, 4) is 0 Å². The zero-order valence-electron chi connectivity index (χ0n) is 17.3. The second-order valence-corrected chi connectivity index (χ2v) is 7.38. The van der Waals surface area contributed by atoms with Gasteiger partial charge < -0.3 is 10.2 Å². The molecule has 0 aliphatic heterocycles. The lowest BCUT2D eigenvalue weighted by Gasteiger charge is -2.29. The maximum Gasteiger partial charge on any atom is 0.242 e. The van der Waals surface area contributed by atoms with Crippen LogP contribution in [0.2, 0.25) is 0 Å². The molecule has 1 atom stereocenters. The van der Waals surface area contributed by atoms with Crippen LogP contribution in [0.5, 0.6) is 0 Å². The van der Waals surface area contributed by atoms with Crippen molar-refractivity contribution in [2.45, 2.75) is 39.3 Å². The van der Waals surface area contributed by atoms with Gasteiger partial charge in [-0.2, -0.15) is 0 Å². The molecule has 0 radical (unpaired) electrons. The lowest BCUT2D eigenvalue weighted by atomic mass is 10.00. The van der Waals surface area contributed by atoms with Crippen LogP contribution >= 0.6 is 0 Å². The monoisotopic (exact) mass is 388 g/mol. The number of aryl methyl sites for hydroxylation is 2. The Balaban J connectivity index is 1.80. The molecule has 4 heteroatoms. The van der Waals surface area contributed by atoms with Crippen molar-refractivity contribution in [3.05, 3.63) is 83.4 Å². The molecule has 0 saturated heterocycles. The minimum Gasteiger partial charge on any atom is -0.357 e. The van der Waals surface area contributed by atoms with E-state index in [-0.39, 0.29) is 11.8 Å². The number of carbonyl (C=O) groups is 2. The molecule has 3 rings (SSSR count). The molecule has 0 aliphatic rings. The van der Waals surface area contributed by atoms with Gasteiger partial charge in [-0.25, -0.2) is 0 Å². The molecule has 0 aliphatic carbocycles. The van der Waals surface area contributed by atoms with E-state index >= 15 is 0 Å². The molecule has 0 saturated carbocycles. The van der Waals surface area contributed by atoms with Crippen molar-refractivity contribution in [3.63, 3.8) is 0 Å². The molecular weight excluding hydrogens is 360 g/mol. The predicted molar refractivity (Wildman–Crippen MR) is 118 cm³/mol. The lowest BCUT2D eigenvalue weighted by molar-refractivity contribution is -0.140. The second kappa shape index (κ2) is 9.37. The van der Waals surface area contributed by atoms with Crippen LogP contribution in [0.15, 0.2) is 66.7 Å². The Labute approximate surface area is 172 Å². The Bertz CT molecular complexity index is 1010. The van der Waals surface area contributed by atoms with E-state index in [9.17, 15) is 9.59 Å². The lowest BCUT2D eigenvalue weighted by Crippen LogP contribution is -2.46. The van der Waals surface area contributed by atoms with Crippen molar-refractivity contribution in [2.75, 3.05) is 7.05 Å². The standard InChI is InChI=1S/C25H28N2O2/c1-18-9-4-5-11-22(18)17-27(19(2)25(29)26-3)24(28)16-15-21-13-8-12-20-10-6-7-14-23(20)21/h4-14,19H,15-17H2,1-3H3,(H,26,29)/t19-/m0/s1. The number of carbonyl (C=O) groups excluding carboxylic acids is 2. The van der Waals surface area contributed by atoms with Gasteiger partial charge in [0.25, 0.3) is 0 Å². The van der Waals surface area contributed by atoms with E-state index in [1.165, 1.54) is 10.8 Å². The molecule has 0 heterocycles. The number of rotatable bonds is 7. The van der Waals surface area contributed by atoms with E-state index in [0.717, 1.165) is 16.7 Å². The fourth-order valence-corrected chi connectivity index (χ4v) is 3.66. The Morgan fingerprint density at radius 2 is 1.59 bits per heavy atom. The van der Waals surface area contributed by atoms with Gasteiger partial charge >= 0.3 is 0 Å². The summed E-state index contributed by atoms with van der Waals surface area (Å²) < 4.78 is 0. The number of fused-ring (bicyclic) bond motifs is 1. The molecule has 0 unspecified atom stereocenters. The molecule has 0 spiro atoms. The number of amides is 2. The van der Waals surface area contributed by atoms with Crippen LogP contribution in [-0.4, -0.2) is 29.8 Å². The number of hydrogen-bond acceptors (Lipinski definition) is 2. The van der Waals surface area contributed by atoms with Gasteiger partial charge in [0.1, 0.15) is 6.04 Å². The summed E-state index contributed by atoms with van der Waals surface area (Å²) >= 11 is 0. The summed E-state index contributed by atoms with van der Waals surface area (Å²) in [5.74, 6) is -0.172. The van der Waals surface area contributed by atoms with E-state index in [0.29, 0.717) is 19.4 Å². The molecule has 3 aromatic carbocycles. The average Bonchev–Trinajstić information content (AvgIpc) is 2.75. The first-order valence-electron chi connectivity index (χ1n) is 10.0. The fourth-order valence-electron chi connectivity index (χ4n) is 3.66. The van der Waals surface area contributed by atoms with E-state index in [1.807, 2.05) is 49.4 Å². The van der Waals surface area contributed by atoms with E-state index < -0.39 is 6.04 Å². The summed E-state index contributed by atoms with van der Waals surface area (Å²) in [6, 6.07) is 21.8. The third-order valence-electron chi connectivity index (χ3n) is 5.50. The smallest absolute Gasteiger partial charge is 0.242 e. The van der Waals surface area contributed by atoms with Crippen molar-refractivity contribution in [1.82, 2.24) is 10.2 Å². The maximum atomic E-state index is 13.2. The Hall–Kier alpha value is -3.14. The fraction of sp³-hybridized carbons (Fsp3) is 0.280. The van der Waals surface area contributed by atoms with E-state index in [1.54, 1.807) is 18.9 Å². The van der Waals surface area contributed by atoms with Crippen LogP contribution in [0, 0.1) is 6.92 Å². The maximum absolute atomic E-state index is 13.2. The highest BCUT2D eigenvalue weighted by atomic mass is 16.2. The number of nitrogens with one attached hydrogen (secondary N) is 1. The van der Waals surface area contributed by atoms with Crippen LogP contribution in [0.4, 0.5) is 0 Å². The summed E-state index contributed by atoms with van der Waals surface area (Å²) in [5.41, 5.74) is 3.32. The minimum absolute atomic E-state index is 0.0164. The average molecular weight is 389 g/mol. The van der Waals surface area contributed by atoms with Gasteiger partial charge in [0, 0.05) is 20.0 Å². The number of nitrogens with zero attached hydrogens (tertiary/aromatic N) is 1. The summed E-state index contributed by atoms with van der Waals surface area (Å²) in [6.07, 6.45) is 1.01. The molecule has 2 amide bonds. The Morgan fingerprint density at radius 3 is 2.34 bits per heavy atom. The molecular formula is C25H28N2O2. The van der Waals surface area contributed by atoms with Crippen molar-refractivity contribution < 1.29 is 9.59 Å². The summed E-state index contributed by atoms with van der Waals surface area (Å²) in [5, 5.41) is 5.01. The minimum atomic E-state index is -0.528. The van der Waals surface area contributed by atoms with Crippen molar-refractivity contribution in [1.29, 1.82) is 0 Å². The van der Waals surface area contributed by atoms with Crippen molar-refractivity contribution in [2.24, 2.45) is 0 Å². The first-order valence-corrected chi connectivity index (χ1v) is 10.0. The van der Waals surface area contributed by atoms with Crippen LogP contribution in [0.1, 0.15) is 30.0 Å². The molecule has 1 N–H and O–H groups in total. The van der Waals surface area contributed by atoms with Gasteiger partial charge in [-0.15, -0.1) is 0 Å². The normalized spacial score (nSPS) is 11.8. The van der Waals surface area contributed by atoms with E-state index in [4.69, 9.17) is 0 Å². The van der Waals surface area contributed by atoms with Crippen molar-refractivity contribution >= 4 is 22.6 Å². The highest BCUT2D eigenvalue weighted by Gasteiger charge is 2.25. The van der Waals surface area contributed by atoms with Gasteiger partial charge in [-0.1, -0.05) is 66.7 Å². The SMILES string of the molecule is CNC(=O)[C@H](C)N(Cc1ccccc1C)C(=O)CCc1cccc2ccccc12. The highest BCUT2D eigenvalue weighted by molar-refractivity contribution is 5.88. The highest BCUT2D eigenvalue weighted by Crippen LogP contribution is 2.21. The topological polar surface area (TPSA) is 49.4 Å². The summed E-state index contributed by atoms with van der Waals surface area (Å²) in [7, 11) is 1.60. The van der Waals surface area contributed by atoms with Crippen LogP contribution in [0.3, 0.4) is 0 Å². The Kier molecular flexibility index (Phi) is 6.65. The van der Waals surface area contributed by atoms with E-state index in [2.05, 4.69) is 29.6 Å². The molecule has 3 aromatic rings. The van der Waals surface area contributed by atoms with Gasteiger partial charge in [0.05, 0.1) is 0 Å². The molecule has 0 fully saturated rings. The summed E-state index contributed by atoms with van der Waals surface area (Å²) in [4.78, 5) is 27.1. The quantitative estimate of drug-likeness (QED) is 0.658. The number of likely N-dealkylation sites (N-methyl/N-ethyl adjacent to an activating group) is 1. The largest absolute Gasteiger partial charge is 0.357 e. The second-order valence-electron chi connectivity index (χ2n) is 7.38.